The number of rotatable bonds is 3. The Bertz CT molecular complexity index is 766. The van der Waals surface area contributed by atoms with Crippen molar-refractivity contribution in [3.05, 3.63) is 38.9 Å². The molecule has 7 nitrogen and oxygen atoms in total. The lowest BCUT2D eigenvalue weighted by Crippen LogP contribution is -2.12. The summed E-state index contributed by atoms with van der Waals surface area (Å²) in [6.07, 6.45) is 2.26. The van der Waals surface area contributed by atoms with Crippen LogP contribution < -0.4 is 10.9 Å². The van der Waals surface area contributed by atoms with Crippen molar-refractivity contribution in [1.29, 1.82) is 0 Å². The van der Waals surface area contributed by atoms with Crippen LogP contribution in [-0.4, -0.2) is 20.9 Å². The number of aromatic nitrogens is 2. The van der Waals surface area contributed by atoms with E-state index in [9.17, 15) is 14.9 Å². The van der Waals surface area contributed by atoms with Crippen LogP contribution in [0, 0.1) is 15.5 Å². The zero-order valence-electron chi connectivity index (χ0n) is 11.1. The number of nitrogens with zero attached hydrogens (tertiary/aromatic N) is 2. The molecule has 1 atom stereocenters. The van der Waals surface area contributed by atoms with Crippen LogP contribution in [0.4, 0.5) is 11.4 Å². The molecule has 1 aromatic carbocycles. The summed E-state index contributed by atoms with van der Waals surface area (Å²) in [6.45, 7) is 4.20. The maximum absolute atomic E-state index is 11.7. The smallest absolute Gasteiger partial charge is 0.293 e. The molecular formula is C13H14N4O3. The second-order valence-electron chi connectivity index (χ2n) is 5.76. The summed E-state index contributed by atoms with van der Waals surface area (Å²) >= 11 is 0. The fourth-order valence-corrected chi connectivity index (χ4v) is 2.27. The van der Waals surface area contributed by atoms with Gasteiger partial charge in [0.05, 0.1) is 22.2 Å². The van der Waals surface area contributed by atoms with E-state index >= 15 is 0 Å². The van der Waals surface area contributed by atoms with Gasteiger partial charge in [-0.05, 0) is 17.9 Å². The molecule has 0 aliphatic heterocycles. The van der Waals surface area contributed by atoms with Crippen LogP contribution in [0.25, 0.3) is 10.9 Å². The Morgan fingerprint density at radius 2 is 2.20 bits per heavy atom. The van der Waals surface area contributed by atoms with E-state index in [0.717, 1.165) is 6.42 Å². The van der Waals surface area contributed by atoms with Crippen molar-refractivity contribution in [2.45, 2.75) is 26.3 Å². The molecule has 1 aromatic heterocycles. The summed E-state index contributed by atoms with van der Waals surface area (Å²) in [5.41, 5.74) is 0.524. The summed E-state index contributed by atoms with van der Waals surface area (Å²) in [6, 6.07) is 3.05. The molecule has 20 heavy (non-hydrogen) atoms. The summed E-state index contributed by atoms with van der Waals surface area (Å²) in [5, 5.41) is 14.6. The number of hydrogen-bond donors (Lipinski definition) is 2. The highest BCUT2D eigenvalue weighted by molar-refractivity contribution is 5.86. The highest BCUT2D eigenvalue weighted by Crippen LogP contribution is 2.47. The molecule has 2 aromatic rings. The van der Waals surface area contributed by atoms with E-state index in [1.54, 1.807) is 6.07 Å². The molecule has 0 bridgehead atoms. The first-order chi connectivity index (χ1) is 9.38. The summed E-state index contributed by atoms with van der Waals surface area (Å²) in [4.78, 5) is 28.8. The molecule has 0 radical (unpaired) electrons. The third kappa shape index (κ3) is 2.01. The lowest BCUT2D eigenvalue weighted by atomic mass is 10.1. The van der Waals surface area contributed by atoms with E-state index in [-0.39, 0.29) is 28.1 Å². The molecule has 3 rings (SSSR count). The van der Waals surface area contributed by atoms with Crippen LogP contribution in [0.15, 0.2) is 23.3 Å². The minimum absolute atomic E-state index is 0.0984. The maximum Gasteiger partial charge on any atom is 0.293 e. The lowest BCUT2D eigenvalue weighted by molar-refractivity contribution is -0.383. The Morgan fingerprint density at radius 1 is 1.50 bits per heavy atom. The van der Waals surface area contributed by atoms with Crippen molar-refractivity contribution in [2.75, 3.05) is 5.32 Å². The molecule has 0 amide bonds. The third-order valence-corrected chi connectivity index (χ3v) is 3.80. The minimum Gasteiger partial charge on any atom is -0.376 e. The van der Waals surface area contributed by atoms with Crippen molar-refractivity contribution < 1.29 is 4.92 Å². The van der Waals surface area contributed by atoms with Gasteiger partial charge in [-0.3, -0.25) is 14.9 Å². The zero-order valence-corrected chi connectivity index (χ0v) is 11.1. The van der Waals surface area contributed by atoms with Gasteiger partial charge in [0.1, 0.15) is 5.69 Å². The molecule has 1 heterocycles. The molecule has 104 valence electrons. The number of anilines is 1. The maximum atomic E-state index is 11.7. The number of benzene rings is 1. The summed E-state index contributed by atoms with van der Waals surface area (Å²) in [7, 11) is 0. The Morgan fingerprint density at radius 3 is 2.80 bits per heavy atom. The van der Waals surface area contributed by atoms with Crippen molar-refractivity contribution in [2.24, 2.45) is 5.41 Å². The van der Waals surface area contributed by atoms with E-state index in [2.05, 4.69) is 29.1 Å². The number of nitrogens with one attached hydrogen (secondary N) is 2. The largest absolute Gasteiger partial charge is 0.376 e. The molecule has 0 saturated heterocycles. The Kier molecular flexibility index (Phi) is 2.53. The number of fused-ring (bicyclic) bond motifs is 1. The van der Waals surface area contributed by atoms with E-state index < -0.39 is 4.92 Å². The molecule has 1 saturated carbocycles. The first-order valence-corrected chi connectivity index (χ1v) is 6.31. The van der Waals surface area contributed by atoms with E-state index in [1.807, 2.05) is 0 Å². The predicted molar refractivity (Wildman–Crippen MR) is 74.8 cm³/mol. The number of nitro benzene ring substituents is 1. The topological polar surface area (TPSA) is 101 Å². The van der Waals surface area contributed by atoms with Crippen LogP contribution in [-0.2, 0) is 0 Å². The van der Waals surface area contributed by atoms with Crippen LogP contribution >= 0.6 is 0 Å². The number of H-pyrrole nitrogens is 1. The molecular weight excluding hydrogens is 260 g/mol. The van der Waals surface area contributed by atoms with Gasteiger partial charge >= 0.3 is 0 Å². The third-order valence-electron chi connectivity index (χ3n) is 3.80. The Hall–Kier alpha value is -2.44. The fraction of sp³-hybridized carbons (Fsp3) is 0.385. The van der Waals surface area contributed by atoms with Gasteiger partial charge in [-0.25, -0.2) is 4.98 Å². The predicted octanol–water partition coefficient (Wildman–Crippen LogP) is 2.04. The van der Waals surface area contributed by atoms with Gasteiger partial charge < -0.3 is 10.3 Å². The monoisotopic (exact) mass is 274 g/mol. The highest BCUT2D eigenvalue weighted by Gasteiger charge is 2.46. The SMILES string of the molecule is CC1(C)CC1Nc1cc2nc[nH]c(=O)c2cc1[N+](=O)[O-]. The van der Waals surface area contributed by atoms with Gasteiger partial charge in [-0.1, -0.05) is 13.8 Å². The molecule has 7 heteroatoms. The first-order valence-electron chi connectivity index (χ1n) is 6.31. The van der Waals surface area contributed by atoms with E-state index in [0.29, 0.717) is 11.2 Å². The van der Waals surface area contributed by atoms with Crippen molar-refractivity contribution >= 4 is 22.3 Å². The second-order valence-corrected chi connectivity index (χ2v) is 5.76. The second kappa shape index (κ2) is 4.03. The quantitative estimate of drug-likeness (QED) is 0.658. The van der Waals surface area contributed by atoms with Gasteiger partial charge in [-0.15, -0.1) is 0 Å². The fourth-order valence-electron chi connectivity index (χ4n) is 2.27. The Labute approximate surface area is 114 Å². The first kappa shape index (κ1) is 12.6. The number of nitro groups is 1. The summed E-state index contributed by atoms with van der Waals surface area (Å²) < 4.78 is 0. The van der Waals surface area contributed by atoms with Gasteiger partial charge in [-0.2, -0.15) is 0 Å². The van der Waals surface area contributed by atoms with E-state index in [1.165, 1.54) is 12.4 Å². The van der Waals surface area contributed by atoms with Crippen LogP contribution in [0.3, 0.4) is 0 Å². The number of hydrogen-bond acceptors (Lipinski definition) is 5. The molecule has 0 spiro atoms. The van der Waals surface area contributed by atoms with E-state index in [4.69, 9.17) is 0 Å². The normalized spacial score (nSPS) is 19.8. The highest BCUT2D eigenvalue weighted by atomic mass is 16.6. The molecule has 1 fully saturated rings. The average Bonchev–Trinajstić information content (AvgIpc) is 2.96. The van der Waals surface area contributed by atoms with Gasteiger partial charge in [0.15, 0.2) is 0 Å². The standard InChI is InChI=1S/C13H14N4O3/c1-13(2)5-11(13)16-9-4-8-7(3-10(9)17(19)20)12(18)15-6-14-8/h3-4,6,11,16H,5H2,1-2H3,(H,14,15,18). The zero-order chi connectivity index (χ0) is 14.5. The average molecular weight is 274 g/mol. The lowest BCUT2D eigenvalue weighted by Gasteiger charge is -2.09. The Balaban J connectivity index is 2.12. The van der Waals surface area contributed by atoms with Crippen LogP contribution in [0.5, 0.6) is 0 Å². The van der Waals surface area contributed by atoms with Gasteiger partial charge in [0.25, 0.3) is 11.2 Å². The molecule has 1 aliphatic rings. The molecule has 1 unspecified atom stereocenters. The molecule has 1 aliphatic carbocycles. The van der Waals surface area contributed by atoms with Crippen LogP contribution in [0.1, 0.15) is 20.3 Å². The molecule has 2 N–H and O–H groups in total. The van der Waals surface area contributed by atoms with Crippen molar-refractivity contribution in [1.82, 2.24) is 9.97 Å². The van der Waals surface area contributed by atoms with Gasteiger partial charge in [0, 0.05) is 12.1 Å². The minimum atomic E-state index is -0.483. The summed E-state index contributed by atoms with van der Waals surface area (Å²) in [5.74, 6) is 0. The number of aromatic amines is 1. The van der Waals surface area contributed by atoms with Crippen LogP contribution in [0.2, 0.25) is 0 Å². The van der Waals surface area contributed by atoms with Crippen molar-refractivity contribution in [3.8, 4) is 0 Å². The van der Waals surface area contributed by atoms with Gasteiger partial charge in [0.2, 0.25) is 0 Å². The van der Waals surface area contributed by atoms with Crippen molar-refractivity contribution in [3.63, 3.8) is 0 Å².